The van der Waals surface area contributed by atoms with Crippen molar-refractivity contribution in [2.75, 3.05) is 15.0 Å². The molecule has 2 fully saturated rings. The van der Waals surface area contributed by atoms with E-state index in [4.69, 9.17) is 11.6 Å². The Bertz CT molecular complexity index is 1600. The zero-order valence-electron chi connectivity index (χ0n) is 21.8. The number of aryl methyl sites for hydroxylation is 1. The summed E-state index contributed by atoms with van der Waals surface area (Å²) in [5, 5.41) is 2.66. The number of carbonyl (C=O) groups excluding carboxylic acids is 2. The molecule has 2 aliphatic rings. The number of hydrogen-bond donors (Lipinski definition) is 1. The number of alkyl halides is 2. The Morgan fingerprint density at radius 3 is 2.51 bits per heavy atom. The molecule has 5 rings (SSSR count). The maximum absolute atomic E-state index is 14.5. The summed E-state index contributed by atoms with van der Waals surface area (Å²) in [6.07, 6.45) is 0.137. The third kappa shape index (κ3) is 5.89. The quantitative estimate of drug-likeness (QED) is 0.417. The summed E-state index contributed by atoms with van der Waals surface area (Å²) in [5.74, 6) is -5.63. The first-order valence-corrected chi connectivity index (χ1v) is 14.8. The Morgan fingerprint density at radius 2 is 1.85 bits per heavy atom. The summed E-state index contributed by atoms with van der Waals surface area (Å²) in [4.78, 5) is 33.4. The van der Waals surface area contributed by atoms with Crippen LogP contribution in [0.4, 0.5) is 24.7 Å². The fourth-order valence-corrected chi connectivity index (χ4v) is 7.09. The number of nitrogens with zero attached hydrogens (tertiary/aromatic N) is 3. The molecule has 1 aliphatic heterocycles. The summed E-state index contributed by atoms with van der Waals surface area (Å²) in [6.45, 7) is 1.74. The number of benzene rings is 2. The van der Waals surface area contributed by atoms with Crippen molar-refractivity contribution in [3.63, 3.8) is 0 Å². The SMILES string of the molecule is Cc1ccnc(N2[C@H](C(=O)N(c3cccc(F)c3)C(C(=O)NC3CC(F)(F)C3)c3ccccc3Cl)CCS2(=O)=O)c1. The number of pyridine rings is 1. The maximum Gasteiger partial charge on any atom is 0.252 e. The minimum absolute atomic E-state index is 0.0236. The standard InChI is InChI=1S/C28H26ClF3N4O4S/c1-17-9-11-33-24(13-17)36-23(10-12-41(36,39)40)27(38)35(20-6-4-5-18(30)14-20)25(21-7-2-3-8-22(21)29)26(37)34-19-15-28(31,32)16-19/h2-9,11,13-14,19,23,25H,10,12,15-16H2,1H3,(H,34,37)/t23-,25?/m0/s1. The molecule has 13 heteroatoms. The lowest BCUT2D eigenvalue weighted by atomic mass is 9.87. The van der Waals surface area contributed by atoms with Crippen molar-refractivity contribution in [2.24, 2.45) is 0 Å². The van der Waals surface area contributed by atoms with Gasteiger partial charge in [0.1, 0.15) is 23.7 Å². The second-order valence-electron chi connectivity index (χ2n) is 10.2. The molecule has 0 spiro atoms. The van der Waals surface area contributed by atoms with Gasteiger partial charge in [-0.15, -0.1) is 0 Å². The summed E-state index contributed by atoms with van der Waals surface area (Å²) in [6, 6.07) is 10.6. The van der Waals surface area contributed by atoms with E-state index >= 15 is 0 Å². The molecule has 41 heavy (non-hydrogen) atoms. The van der Waals surface area contributed by atoms with Crippen LogP contribution in [-0.4, -0.2) is 49.0 Å². The van der Waals surface area contributed by atoms with Crippen LogP contribution in [0.5, 0.6) is 0 Å². The molecular weight excluding hydrogens is 581 g/mol. The third-order valence-corrected chi connectivity index (χ3v) is 9.25. The molecular formula is C28H26ClF3N4O4S. The van der Waals surface area contributed by atoms with Crippen LogP contribution >= 0.6 is 11.6 Å². The highest BCUT2D eigenvalue weighted by Gasteiger charge is 2.49. The van der Waals surface area contributed by atoms with Gasteiger partial charge in [-0.1, -0.05) is 35.9 Å². The molecule has 3 aromatic rings. The molecule has 1 aromatic heterocycles. The van der Waals surface area contributed by atoms with E-state index in [1.165, 1.54) is 36.5 Å². The Kier molecular flexibility index (Phi) is 7.73. The summed E-state index contributed by atoms with van der Waals surface area (Å²) in [7, 11) is -3.98. The molecule has 8 nitrogen and oxygen atoms in total. The van der Waals surface area contributed by atoms with Gasteiger partial charge in [0.25, 0.3) is 11.8 Å². The normalized spacial score (nSPS) is 20.2. The van der Waals surface area contributed by atoms with E-state index in [2.05, 4.69) is 10.3 Å². The van der Waals surface area contributed by atoms with Gasteiger partial charge in [0, 0.05) is 41.4 Å². The van der Waals surface area contributed by atoms with Crippen LogP contribution in [0.3, 0.4) is 0 Å². The first-order valence-electron chi connectivity index (χ1n) is 12.8. The minimum Gasteiger partial charge on any atom is -0.351 e. The number of anilines is 2. The molecule has 2 atom stereocenters. The smallest absolute Gasteiger partial charge is 0.252 e. The first-order chi connectivity index (χ1) is 19.4. The zero-order valence-corrected chi connectivity index (χ0v) is 23.4. The maximum atomic E-state index is 14.5. The number of hydrogen-bond acceptors (Lipinski definition) is 5. The highest BCUT2D eigenvalue weighted by atomic mass is 35.5. The largest absolute Gasteiger partial charge is 0.351 e. The van der Waals surface area contributed by atoms with Crippen LogP contribution < -0.4 is 14.5 Å². The molecule has 1 saturated carbocycles. The van der Waals surface area contributed by atoms with Crippen LogP contribution in [0.25, 0.3) is 0 Å². The van der Waals surface area contributed by atoms with E-state index in [1.807, 2.05) is 0 Å². The molecule has 216 valence electrons. The van der Waals surface area contributed by atoms with Crippen LogP contribution in [0.2, 0.25) is 5.02 Å². The van der Waals surface area contributed by atoms with E-state index in [9.17, 15) is 31.2 Å². The Labute approximate surface area is 240 Å². The van der Waals surface area contributed by atoms with Crippen LogP contribution in [0.1, 0.15) is 36.4 Å². The molecule has 1 unspecified atom stereocenters. The molecule has 2 aromatic carbocycles. The third-order valence-electron chi connectivity index (χ3n) is 7.11. The van der Waals surface area contributed by atoms with Gasteiger partial charge in [0.2, 0.25) is 15.9 Å². The zero-order chi connectivity index (χ0) is 29.5. The molecule has 1 aliphatic carbocycles. The molecule has 0 bridgehead atoms. The van der Waals surface area contributed by atoms with Gasteiger partial charge in [-0.2, -0.15) is 0 Å². The topological polar surface area (TPSA) is 99.7 Å². The van der Waals surface area contributed by atoms with Gasteiger partial charge in [-0.05, 0) is 55.3 Å². The molecule has 1 saturated heterocycles. The van der Waals surface area contributed by atoms with E-state index in [0.29, 0.717) is 5.56 Å². The summed E-state index contributed by atoms with van der Waals surface area (Å²) in [5.41, 5.74) is 0.808. The Hall–Kier alpha value is -3.64. The van der Waals surface area contributed by atoms with Gasteiger partial charge < -0.3 is 5.32 Å². The Morgan fingerprint density at radius 1 is 1.12 bits per heavy atom. The van der Waals surface area contributed by atoms with Gasteiger partial charge in [-0.3, -0.25) is 14.5 Å². The highest BCUT2D eigenvalue weighted by Crippen LogP contribution is 2.40. The van der Waals surface area contributed by atoms with Crippen molar-refractivity contribution in [1.29, 1.82) is 0 Å². The molecule has 2 amide bonds. The van der Waals surface area contributed by atoms with Gasteiger partial charge in [0.05, 0.1) is 5.75 Å². The van der Waals surface area contributed by atoms with E-state index in [0.717, 1.165) is 21.3 Å². The lowest BCUT2D eigenvalue weighted by Crippen LogP contribution is -2.56. The monoisotopic (exact) mass is 606 g/mol. The van der Waals surface area contributed by atoms with E-state index in [1.54, 1.807) is 25.1 Å². The van der Waals surface area contributed by atoms with Gasteiger partial charge >= 0.3 is 0 Å². The minimum atomic E-state index is -3.98. The fraction of sp³-hybridized carbons (Fsp3) is 0.321. The number of rotatable bonds is 7. The van der Waals surface area contributed by atoms with Crippen molar-refractivity contribution in [1.82, 2.24) is 10.3 Å². The number of aromatic nitrogens is 1. The van der Waals surface area contributed by atoms with Crippen LogP contribution in [-0.2, 0) is 19.6 Å². The van der Waals surface area contributed by atoms with Crippen molar-refractivity contribution in [3.8, 4) is 0 Å². The van der Waals surface area contributed by atoms with E-state index < -0.39 is 64.5 Å². The molecule has 2 heterocycles. The first kappa shape index (κ1) is 28.9. The van der Waals surface area contributed by atoms with Gasteiger partial charge in [-0.25, -0.2) is 30.9 Å². The molecule has 0 radical (unpaired) electrons. The summed E-state index contributed by atoms with van der Waals surface area (Å²) >= 11 is 6.48. The second-order valence-corrected chi connectivity index (χ2v) is 12.6. The van der Waals surface area contributed by atoms with Crippen molar-refractivity contribution < 1.29 is 31.2 Å². The fourth-order valence-electron chi connectivity index (χ4n) is 5.16. The number of amides is 2. The average Bonchev–Trinajstić information content (AvgIpc) is 3.21. The number of carbonyl (C=O) groups is 2. The number of sulfonamides is 1. The highest BCUT2D eigenvalue weighted by molar-refractivity contribution is 7.93. The Balaban J connectivity index is 1.63. The second kappa shape index (κ2) is 11.0. The van der Waals surface area contributed by atoms with Crippen LogP contribution in [0, 0.1) is 12.7 Å². The average molecular weight is 607 g/mol. The molecule has 1 N–H and O–H groups in total. The van der Waals surface area contributed by atoms with Crippen molar-refractivity contribution in [3.05, 3.63) is 88.8 Å². The number of halogens is 4. The number of nitrogens with one attached hydrogen (secondary N) is 1. The predicted octanol–water partition coefficient (Wildman–Crippen LogP) is 4.78. The van der Waals surface area contributed by atoms with Crippen LogP contribution in [0.15, 0.2) is 66.9 Å². The van der Waals surface area contributed by atoms with Gasteiger partial charge in [0.15, 0.2) is 0 Å². The van der Waals surface area contributed by atoms with Crippen molar-refractivity contribution in [2.45, 2.75) is 50.2 Å². The lowest BCUT2D eigenvalue weighted by Gasteiger charge is -2.39. The predicted molar refractivity (Wildman–Crippen MR) is 148 cm³/mol. The summed E-state index contributed by atoms with van der Waals surface area (Å²) < 4.78 is 68.9. The van der Waals surface area contributed by atoms with Crippen molar-refractivity contribution >= 4 is 44.9 Å². The van der Waals surface area contributed by atoms with E-state index in [-0.39, 0.29) is 34.3 Å². The lowest BCUT2D eigenvalue weighted by molar-refractivity contribution is -0.133.